The van der Waals surface area contributed by atoms with E-state index in [2.05, 4.69) is 25.7 Å². The summed E-state index contributed by atoms with van der Waals surface area (Å²) in [6.45, 7) is 6.94. The van der Waals surface area contributed by atoms with Crippen molar-refractivity contribution in [2.24, 2.45) is 17.3 Å². The second kappa shape index (κ2) is 3.50. The van der Waals surface area contributed by atoms with E-state index in [1.54, 1.807) is 5.57 Å². The maximum absolute atomic E-state index is 6.61. The molecule has 98 valence electrons. The first-order valence-electron chi connectivity index (χ1n) is 7.75. The number of ether oxygens (including phenoxy) is 1. The summed E-state index contributed by atoms with van der Waals surface area (Å²) in [6, 6.07) is 0. The largest absolute Gasteiger partial charge is 0.362 e. The van der Waals surface area contributed by atoms with Gasteiger partial charge in [-0.1, -0.05) is 50.5 Å². The normalized spacial score (nSPS) is 48.7. The lowest BCUT2D eigenvalue weighted by molar-refractivity contribution is -0.142. The van der Waals surface area contributed by atoms with Gasteiger partial charge in [-0.25, -0.2) is 0 Å². The summed E-state index contributed by atoms with van der Waals surface area (Å²) in [5.74, 6) is 1.27. The molecule has 0 N–H and O–H groups in total. The zero-order valence-electron chi connectivity index (χ0n) is 11.5. The molecule has 4 aliphatic rings. The minimum atomic E-state index is 0.0322. The number of fused-ring (bicyclic) bond motifs is 2. The van der Waals surface area contributed by atoms with Crippen LogP contribution in [0.1, 0.15) is 51.9 Å². The van der Waals surface area contributed by atoms with Crippen LogP contribution in [0.15, 0.2) is 24.3 Å². The van der Waals surface area contributed by atoms with Gasteiger partial charge in [-0.2, -0.15) is 0 Å². The lowest BCUT2D eigenvalue weighted by atomic mass is 9.60. The zero-order valence-corrected chi connectivity index (χ0v) is 11.5. The van der Waals surface area contributed by atoms with E-state index in [1.807, 2.05) is 0 Å². The van der Waals surface area contributed by atoms with Gasteiger partial charge < -0.3 is 4.74 Å². The Morgan fingerprint density at radius 3 is 2.78 bits per heavy atom. The number of rotatable bonds is 0. The molecule has 2 aliphatic carbocycles. The molecule has 0 radical (unpaired) electrons. The maximum atomic E-state index is 6.61. The Labute approximate surface area is 110 Å². The molecule has 0 unspecified atom stereocenters. The standard InChI is InChI=1S/C17H24O/c1-12-6-7-14-13(2)16(9-4-3-5-10-16)15-8-11-17(12,14)18-15/h8,11-12,14-15H,2-7,9-10H2,1H3/t12-,14-,15+,17+/m1/s1. The Morgan fingerprint density at radius 1 is 1.22 bits per heavy atom. The number of hydrogen-bond acceptors (Lipinski definition) is 1. The first kappa shape index (κ1) is 11.3. The molecule has 3 fully saturated rings. The van der Waals surface area contributed by atoms with Crippen molar-refractivity contribution in [3.05, 3.63) is 24.3 Å². The summed E-state index contributed by atoms with van der Waals surface area (Å²) < 4.78 is 6.61. The molecule has 0 amide bonds. The average Bonchev–Trinajstić information content (AvgIpc) is 2.95. The zero-order chi connectivity index (χ0) is 12.4. The third kappa shape index (κ3) is 1.13. The van der Waals surface area contributed by atoms with E-state index in [9.17, 15) is 0 Å². The van der Waals surface area contributed by atoms with E-state index in [0.29, 0.717) is 23.4 Å². The summed E-state index contributed by atoms with van der Waals surface area (Å²) in [7, 11) is 0. The Kier molecular flexibility index (Phi) is 2.20. The summed E-state index contributed by atoms with van der Waals surface area (Å²) in [5.41, 5.74) is 1.88. The third-order valence-corrected chi connectivity index (χ3v) is 6.42. The predicted octanol–water partition coefficient (Wildman–Crippen LogP) is 4.25. The van der Waals surface area contributed by atoms with Gasteiger partial charge in [0, 0.05) is 11.3 Å². The van der Waals surface area contributed by atoms with Crippen LogP contribution in [0.5, 0.6) is 0 Å². The van der Waals surface area contributed by atoms with Crippen LogP contribution >= 0.6 is 0 Å². The van der Waals surface area contributed by atoms with Gasteiger partial charge in [-0.3, -0.25) is 0 Å². The van der Waals surface area contributed by atoms with Crippen LogP contribution in [0.3, 0.4) is 0 Å². The highest BCUT2D eigenvalue weighted by Crippen LogP contribution is 2.63. The fourth-order valence-corrected chi connectivity index (χ4v) is 5.29. The van der Waals surface area contributed by atoms with Crippen molar-refractivity contribution in [2.75, 3.05) is 0 Å². The van der Waals surface area contributed by atoms with Crippen LogP contribution in [0.25, 0.3) is 0 Å². The molecule has 0 aromatic rings. The highest BCUT2D eigenvalue weighted by molar-refractivity contribution is 5.37. The van der Waals surface area contributed by atoms with Crippen LogP contribution in [0.4, 0.5) is 0 Å². The van der Waals surface area contributed by atoms with Crippen molar-refractivity contribution in [1.29, 1.82) is 0 Å². The van der Waals surface area contributed by atoms with Gasteiger partial charge in [0.25, 0.3) is 0 Å². The quantitative estimate of drug-likeness (QED) is 0.579. The van der Waals surface area contributed by atoms with Crippen LogP contribution in [0.2, 0.25) is 0 Å². The van der Waals surface area contributed by atoms with Crippen molar-refractivity contribution in [3.8, 4) is 0 Å². The topological polar surface area (TPSA) is 9.23 Å². The van der Waals surface area contributed by atoms with Crippen LogP contribution < -0.4 is 0 Å². The molecule has 1 nitrogen and oxygen atoms in total. The Hall–Kier alpha value is -0.560. The molecule has 4 rings (SSSR count). The molecule has 4 atom stereocenters. The molecule has 2 heterocycles. The minimum Gasteiger partial charge on any atom is -0.362 e. The molecule has 2 aliphatic heterocycles. The van der Waals surface area contributed by atoms with Crippen molar-refractivity contribution >= 4 is 0 Å². The van der Waals surface area contributed by atoms with E-state index in [-0.39, 0.29) is 5.60 Å². The van der Waals surface area contributed by atoms with Gasteiger partial charge in [-0.15, -0.1) is 0 Å². The van der Waals surface area contributed by atoms with E-state index in [1.165, 1.54) is 44.9 Å². The van der Waals surface area contributed by atoms with E-state index >= 15 is 0 Å². The molecule has 2 spiro atoms. The highest BCUT2D eigenvalue weighted by Gasteiger charge is 2.62. The highest BCUT2D eigenvalue weighted by atomic mass is 16.5. The second-order valence-electron chi connectivity index (χ2n) is 7.02. The van der Waals surface area contributed by atoms with Crippen molar-refractivity contribution in [2.45, 2.75) is 63.6 Å². The Morgan fingerprint density at radius 2 is 2.00 bits per heavy atom. The third-order valence-electron chi connectivity index (χ3n) is 6.42. The van der Waals surface area contributed by atoms with Crippen LogP contribution in [-0.4, -0.2) is 11.7 Å². The van der Waals surface area contributed by atoms with Gasteiger partial charge in [0.15, 0.2) is 0 Å². The average molecular weight is 244 g/mol. The molecule has 1 saturated heterocycles. The van der Waals surface area contributed by atoms with Gasteiger partial charge in [0.1, 0.15) is 0 Å². The minimum absolute atomic E-state index is 0.0322. The Bertz CT molecular complexity index is 415. The fourth-order valence-electron chi connectivity index (χ4n) is 5.29. The van der Waals surface area contributed by atoms with Gasteiger partial charge in [0.2, 0.25) is 0 Å². The SMILES string of the molecule is C=C1[C@H]2CC[C@@H](C)[C@@]23C=C[C@H](O3)C12CCCCC2. The smallest absolute Gasteiger partial charge is 0.0962 e. The molecule has 18 heavy (non-hydrogen) atoms. The lowest BCUT2D eigenvalue weighted by Gasteiger charge is -2.53. The molecule has 0 aromatic heterocycles. The van der Waals surface area contributed by atoms with Crippen molar-refractivity contribution in [1.82, 2.24) is 0 Å². The van der Waals surface area contributed by atoms with E-state index < -0.39 is 0 Å². The van der Waals surface area contributed by atoms with E-state index in [4.69, 9.17) is 4.74 Å². The van der Waals surface area contributed by atoms with Crippen LogP contribution in [-0.2, 0) is 4.74 Å². The summed E-state index contributed by atoms with van der Waals surface area (Å²) in [6.07, 6.45) is 14.5. The van der Waals surface area contributed by atoms with Gasteiger partial charge >= 0.3 is 0 Å². The Balaban J connectivity index is 1.78. The van der Waals surface area contributed by atoms with Crippen molar-refractivity contribution in [3.63, 3.8) is 0 Å². The summed E-state index contributed by atoms with van der Waals surface area (Å²) in [4.78, 5) is 0. The van der Waals surface area contributed by atoms with Gasteiger partial charge in [-0.05, 0) is 31.6 Å². The maximum Gasteiger partial charge on any atom is 0.0962 e. The van der Waals surface area contributed by atoms with E-state index in [0.717, 1.165) is 0 Å². The molecular formula is C17H24O. The summed E-state index contributed by atoms with van der Waals surface area (Å²) >= 11 is 0. The number of hydrogen-bond donors (Lipinski definition) is 0. The predicted molar refractivity (Wildman–Crippen MR) is 73.3 cm³/mol. The lowest BCUT2D eigenvalue weighted by Crippen LogP contribution is -2.53. The summed E-state index contributed by atoms with van der Waals surface area (Å²) in [5, 5.41) is 0. The first-order chi connectivity index (χ1) is 8.69. The molecule has 1 heteroatoms. The molecular weight excluding hydrogens is 220 g/mol. The van der Waals surface area contributed by atoms with Crippen LogP contribution in [0, 0.1) is 17.3 Å². The molecule has 0 aromatic carbocycles. The molecule has 2 bridgehead atoms. The fraction of sp³-hybridized carbons (Fsp3) is 0.765. The first-order valence-corrected chi connectivity index (χ1v) is 7.75. The second-order valence-corrected chi connectivity index (χ2v) is 7.02. The van der Waals surface area contributed by atoms with Crippen molar-refractivity contribution < 1.29 is 4.74 Å². The monoisotopic (exact) mass is 244 g/mol. The molecule has 2 saturated carbocycles. The van der Waals surface area contributed by atoms with Gasteiger partial charge in [0.05, 0.1) is 11.7 Å².